The number of allylic oxidation sites excluding steroid dienone is 1. The van der Waals surface area contributed by atoms with Crippen molar-refractivity contribution in [1.29, 1.82) is 0 Å². The molecule has 3 aromatic rings. The molecule has 0 amide bonds. The zero-order valence-electron chi connectivity index (χ0n) is 15.2. The number of esters is 1. The highest BCUT2D eigenvalue weighted by Gasteiger charge is 2.52. The number of hydrogen-bond acceptors (Lipinski definition) is 5. The molecule has 5 heteroatoms. The molecule has 6 rings (SSSR count). The first-order chi connectivity index (χ1) is 13.7. The fraction of sp³-hybridized carbons (Fsp3) is 0.174. The van der Waals surface area contributed by atoms with Crippen LogP contribution < -0.4 is 10.4 Å². The van der Waals surface area contributed by atoms with Gasteiger partial charge in [-0.3, -0.25) is 0 Å². The average molecular weight is 368 g/mol. The van der Waals surface area contributed by atoms with Crippen LogP contribution >= 0.6 is 0 Å². The van der Waals surface area contributed by atoms with Crippen LogP contribution in [0.2, 0.25) is 0 Å². The Kier molecular flexibility index (Phi) is 3.01. The van der Waals surface area contributed by atoms with Crippen LogP contribution in [-0.2, 0) is 14.3 Å². The summed E-state index contributed by atoms with van der Waals surface area (Å²) in [5.74, 6) is 0.282. The summed E-state index contributed by atoms with van der Waals surface area (Å²) in [5, 5.41) is 14.9. The standard InChI is InChI=1S/C23H16N2O3/c1-27-23(8-9-23)22(26)28-21-7-6-16-15-3-2-13-11-20-14(12-24-25-20)10-19(13)17(15)4-5-18(16)21/h2-7,10-12H,8-9H2,1H3. The number of methoxy groups -OCH3 is 1. The molecular weight excluding hydrogens is 352 g/mol. The Labute approximate surface area is 160 Å². The van der Waals surface area contributed by atoms with Crippen molar-refractivity contribution in [2.75, 3.05) is 7.11 Å². The van der Waals surface area contributed by atoms with Crippen molar-refractivity contribution in [3.05, 3.63) is 58.5 Å². The number of ether oxygens (including phenoxy) is 2. The van der Waals surface area contributed by atoms with Crippen molar-refractivity contribution in [3.63, 3.8) is 0 Å². The second-order valence-electron chi connectivity index (χ2n) is 7.45. The molecule has 2 aliphatic carbocycles. The molecule has 3 aliphatic rings. The summed E-state index contributed by atoms with van der Waals surface area (Å²) in [6, 6.07) is 12.5. The van der Waals surface area contributed by atoms with Crippen LogP contribution in [0.5, 0.6) is 0 Å². The van der Waals surface area contributed by atoms with Gasteiger partial charge in [0.2, 0.25) is 0 Å². The van der Waals surface area contributed by atoms with Gasteiger partial charge in [0.15, 0.2) is 5.60 Å². The van der Waals surface area contributed by atoms with E-state index in [4.69, 9.17) is 9.47 Å². The molecule has 0 atom stereocenters. The maximum atomic E-state index is 12.4. The van der Waals surface area contributed by atoms with Gasteiger partial charge in [0, 0.05) is 17.9 Å². The summed E-state index contributed by atoms with van der Waals surface area (Å²) >= 11 is 0. The lowest BCUT2D eigenvalue weighted by Gasteiger charge is -2.14. The smallest absolute Gasteiger partial charge is 0.343 e. The second-order valence-corrected chi connectivity index (χ2v) is 7.45. The monoisotopic (exact) mass is 368 g/mol. The van der Waals surface area contributed by atoms with Gasteiger partial charge < -0.3 is 9.47 Å². The van der Waals surface area contributed by atoms with Crippen molar-refractivity contribution >= 4 is 51.2 Å². The fourth-order valence-electron chi connectivity index (χ4n) is 4.09. The number of carbonyl (C=O) groups is 1. The first-order valence-corrected chi connectivity index (χ1v) is 9.29. The third-order valence-corrected chi connectivity index (χ3v) is 5.90. The summed E-state index contributed by atoms with van der Waals surface area (Å²) in [5.41, 5.74) is 1.09. The van der Waals surface area contributed by atoms with Crippen LogP contribution in [0.4, 0.5) is 5.69 Å². The first kappa shape index (κ1) is 15.7. The van der Waals surface area contributed by atoms with Gasteiger partial charge in [-0.25, -0.2) is 4.79 Å². The van der Waals surface area contributed by atoms with Gasteiger partial charge in [-0.05, 0) is 70.0 Å². The molecule has 0 aromatic heterocycles. The van der Waals surface area contributed by atoms with Crippen LogP contribution in [-0.4, -0.2) is 18.7 Å². The lowest BCUT2D eigenvalue weighted by atomic mass is 9.97. The Bertz CT molecular complexity index is 1400. The van der Waals surface area contributed by atoms with E-state index in [2.05, 4.69) is 40.6 Å². The number of carbonyl (C=O) groups excluding carboxylic acids is 1. The van der Waals surface area contributed by atoms with Gasteiger partial charge in [-0.2, -0.15) is 10.2 Å². The largest absolute Gasteiger partial charge is 0.424 e. The molecule has 1 heterocycles. The van der Waals surface area contributed by atoms with Gasteiger partial charge in [0.1, 0.15) is 5.76 Å². The highest BCUT2D eigenvalue weighted by molar-refractivity contribution is 6.10. The van der Waals surface area contributed by atoms with Crippen molar-refractivity contribution in [3.8, 4) is 0 Å². The van der Waals surface area contributed by atoms with E-state index < -0.39 is 5.60 Å². The predicted octanol–water partition coefficient (Wildman–Crippen LogP) is 3.69. The highest BCUT2D eigenvalue weighted by atomic mass is 16.6. The van der Waals surface area contributed by atoms with Crippen molar-refractivity contribution in [1.82, 2.24) is 0 Å². The second kappa shape index (κ2) is 5.36. The minimum atomic E-state index is -0.746. The maximum Gasteiger partial charge on any atom is 0.343 e. The minimum absolute atomic E-state index is 0.306. The zero-order chi connectivity index (χ0) is 18.9. The van der Waals surface area contributed by atoms with Gasteiger partial charge in [-0.1, -0.05) is 18.2 Å². The molecule has 5 nitrogen and oxygen atoms in total. The van der Waals surface area contributed by atoms with E-state index >= 15 is 0 Å². The number of azo groups is 1. The summed E-state index contributed by atoms with van der Waals surface area (Å²) in [6.45, 7) is 0. The molecule has 0 bridgehead atoms. The molecule has 28 heavy (non-hydrogen) atoms. The summed E-state index contributed by atoms with van der Waals surface area (Å²) in [6.07, 6.45) is 7.11. The summed E-state index contributed by atoms with van der Waals surface area (Å²) < 4.78 is 11.0. The highest BCUT2D eigenvalue weighted by Crippen LogP contribution is 2.41. The van der Waals surface area contributed by atoms with Crippen molar-refractivity contribution in [2.45, 2.75) is 18.4 Å². The van der Waals surface area contributed by atoms with Crippen LogP contribution in [0.1, 0.15) is 18.4 Å². The number of rotatable bonds is 3. The Morgan fingerprint density at radius 3 is 2.71 bits per heavy atom. The topological polar surface area (TPSA) is 60.2 Å². The van der Waals surface area contributed by atoms with Gasteiger partial charge >= 0.3 is 5.97 Å². The predicted molar refractivity (Wildman–Crippen MR) is 107 cm³/mol. The Hall–Kier alpha value is -3.31. The third kappa shape index (κ3) is 2.08. The lowest BCUT2D eigenvalue weighted by Crippen LogP contribution is -2.27. The first-order valence-electron chi connectivity index (χ1n) is 9.29. The molecular formula is C23H16N2O3. The van der Waals surface area contributed by atoms with Crippen LogP contribution in [0.15, 0.2) is 52.7 Å². The maximum absolute atomic E-state index is 12.4. The molecule has 0 radical (unpaired) electrons. The zero-order valence-corrected chi connectivity index (χ0v) is 15.2. The quantitative estimate of drug-likeness (QED) is 0.523. The Balaban J connectivity index is 1.47. The van der Waals surface area contributed by atoms with Crippen molar-refractivity contribution < 1.29 is 14.3 Å². The van der Waals surface area contributed by atoms with E-state index in [0.29, 0.717) is 5.76 Å². The molecule has 136 valence electrons. The number of hydrogen-bond donors (Lipinski definition) is 0. The van der Waals surface area contributed by atoms with Crippen LogP contribution in [0, 0.1) is 0 Å². The molecule has 0 N–H and O–H groups in total. The van der Waals surface area contributed by atoms with Gasteiger partial charge in [0.05, 0.1) is 11.9 Å². The average Bonchev–Trinajstić information content (AvgIpc) is 3.22. The molecule has 0 spiro atoms. The molecule has 0 unspecified atom stereocenters. The number of nitrogens with zero attached hydrogens (tertiary/aromatic N) is 2. The van der Waals surface area contributed by atoms with Gasteiger partial charge in [-0.15, -0.1) is 0 Å². The third-order valence-electron chi connectivity index (χ3n) is 5.90. The van der Waals surface area contributed by atoms with E-state index in [1.54, 1.807) is 13.3 Å². The number of benzene rings is 3. The summed E-state index contributed by atoms with van der Waals surface area (Å²) in [7, 11) is 1.56. The molecule has 3 aromatic carbocycles. The van der Waals surface area contributed by atoms with E-state index in [1.807, 2.05) is 18.2 Å². The Morgan fingerprint density at radius 2 is 1.89 bits per heavy atom. The van der Waals surface area contributed by atoms with E-state index in [0.717, 1.165) is 56.1 Å². The molecule has 0 saturated heterocycles. The van der Waals surface area contributed by atoms with E-state index in [1.165, 1.54) is 0 Å². The van der Waals surface area contributed by atoms with Crippen molar-refractivity contribution in [2.24, 2.45) is 10.2 Å². The normalized spacial score (nSPS) is 17.7. The molecule has 1 fully saturated rings. The van der Waals surface area contributed by atoms with E-state index in [9.17, 15) is 4.79 Å². The van der Waals surface area contributed by atoms with Gasteiger partial charge in [0.25, 0.3) is 0 Å². The fourth-order valence-corrected chi connectivity index (χ4v) is 4.09. The molecule has 1 saturated carbocycles. The van der Waals surface area contributed by atoms with E-state index in [-0.39, 0.29) is 5.97 Å². The van der Waals surface area contributed by atoms with Crippen LogP contribution in [0.3, 0.4) is 0 Å². The lowest BCUT2D eigenvalue weighted by molar-refractivity contribution is -0.150. The minimum Gasteiger partial charge on any atom is -0.424 e. The van der Waals surface area contributed by atoms with Crippen LogP contribution in [0.25, 0.3) is 39.6 Å². The SMILES string of the molecule is COC1(C(=O)OC2=CC=c3c2ccc2c3ccc3cc4c(cc32)=CN=N4)CC1. The molecule has 1 aliphatic heterocycles. The number of fused-ring (bicyclic) bond motifs is 6. The summed E-state index contributed by atoms with van der Waals surface area (Å²) in [4.78, 5) is 12.4. The Morgan fingerprint density at radius 1 is 1.04 bits per heavy atom.